The van der Waals surface area contributed by atoms with Crippen molar-refractivity contribution < 1.29 is 0 Å². The predicted octanol–water partition coefficient (Wildman–Crippen LogP) is 2.57. The van der Waals surface area contributed by atoms with Gasteiger partial charge >= 0.3 is 0 Å². The van der Waals surface area contributed by atoms with Crippen molar-refractivity contribution in [3.8, 4) is 0 Å². The van der Waals surface area contributed by atoms with E-state index in [1.54, 1.807) is 12.1 Å². The van der Waals surface area contributed by atoms with Gasteiger partial charge in [-0.1, -0.05) is 29.3 Å². The van der Waals surface area contributed by atoms with Crippen LogP contribution < -0.4 is 16.2 Å². The maximum atomic E-state index is 12.3. The van der Waals surface area contributed by atoms with Gasteiger partial charge in [-0.2, -0.15) is 5.10 Å². The predicted molar refractivity (Wildman–Crippen MR) is 98.5 cm³/mol. The Morgan fingerprint density at radius 1 is 1.32 bits per heavy atom. The van der Waals surface area contributed by atoms with E-state index in [1.165, 1.54) is 0 Å². The summed E-state index contributed by atoms with van der Waals surface area (Å²) in [4.78, 5) is 19.4. The van der Waals surface area contributed by atoms with Crippen LogP contribution in [0.2, 0.25) is 10.0 Å². The van der Waals surface area contributed by atoms with Crippen molar-refractivity contribution in [3.63, 3.8) is 0 Å². The minimum Gasteiger partial charge on any atom is -0.352 e. The first-order chi connectivity index (χ1) is 12.1. The van der Waals surface area contributed by atoms with Crippen LogP contribution in [0.15, 0.2) is 29.2 Å². The van der Waals surface area contributed by atoms with Crippen LogP contribution in [0.3, 0.4) is 0 Å². The van der Waals surface area contributed by atoms with Crippen LogP contribution in [0.1, 0.15) is 18.0 Å². The molecule has 1 saturated heterocycles. The summed E-state index contributed by atoms with van der Waals surface area (Å²) in [5.74, 6) is 0.396. The van der Waals surface area contributed by atoms with Gasteiger partial charge in [0.2, 0.25) is 5.95 Å². The highest BCUT2D eigenvalue weighted by molar-refractivity contribution is 6.42. The number of hydrogen-bond donors (Lipinski definition) is 3. The van der Waals surface area contributed by atoms with Crippen molar-refractivity contribution in [2.24, 2.45) is 0 Å². The Morgan fingerprint density at radius 2 is 2.20 bits per heavy atom. The molecule has 1 atom stereocenters. The van der Waals surface area contributed by atoms with Crippen LogP contribution in [-0.2, 0) is 6.54 Å². The topological polar surface area (TPSA) is 87.6 Å². The number of hydrogen-bond acceptors (Lipinski definition) is 5. The summed E-state index contributed by atoms with van der Waals surface area (Å²) in [5.41, 5.74) is 1.61. The van der Waals surface area contributed by atoms with E-state index in [1.807, 2.05) is 16.9 Å². The molecule has 1 fully saturated rings. The van der Waals surface area contributed by atoms with Gasteiger partial charge in [-0.3, -0.25) is 14.5 Å². The molecule has 2 aromatic heterocycles. The van der Waals surface area contributed by atoms with Gasteiger partial charge in [-0.05, 0) is 30.7 Å². The van der Waals surface area contributed by atoms with E-state index < -0.39 is 0 Å². The smallest absolute Gasteiger partial charge is 0.280 e. The number of aromatic nitrogens is 4. The lowest BCUT2D eigenvalue weighted by Gasteiger charge is -2.06. The van der Waals surface area contributed by atoms with Crippen molar-refractivity contribution in [1.82, 2.24) is 25.1 Å². The van der Waals surface area contributed by atoms with E-state index in [-0.39, 0.29) is 11.6 Å². The number of aromatic amines is 1. The van der Waals surface area contributed by atoms with Crippen LogP contribution >= 0.6 is 23.2 Å². The summed E-state index contributed by atoms with van der Waals surface area (Å²) in [6.07, 6.45) is 2.82. The summed E-state index contributed by atoms with van der Waals surface area (Å²) >= 11 is 11.9. The maximum Gasteiger partial charge on any atom is 0.280 e. The SMILES string of the molecule is O=c1[nH]c(NCc2ccc(Cl)c(Cl)c2)nc2cn(C3CCNC3)nc12. The molecule has 0 radical (unpaired) electrons. The molecule has 130 valence electrons. The second kappa shape index (κ2) is 6.67. The van der Waals surface area contributed by atoms with Crippen LogP contribution in [0.4, 0.5) is 5.95 Å². The van der Waals surface area contributed by atoms with Crippen molar-refractivity contribution >= 4 is 40.2 Å². The first kappa shape index (κ1) is 16.4. The number of halogens is 2. The van der Waals surface area contributed by atoms with E-state index in [0.717, 1.165) is 25.1 Å². The molecule has 4 rings (SSSR count). The maximum absolute atomic E-state index is 12.3. The molecule has 3 heterocycles. The quantitative estimate of drug-likeness (QED) is 0.649. The van der Waals surface area contributed by atoms with E-state index in [4.69, 9.17) is 23.2 Å². The zero-order chi connectivity index (χ0) is 17.4. The lowest BCUT2D eigenvalue weighted by molar-refractivity contribution is 0.494. The van der Waals surface area contributed by atoms with E-state index >= 15 is 0 Å². The molecule has 0 saturated carbocycles. The number of nitrogens with one attached hydrogen (secondary N) is 3. The molecule has 0 amide bonds. The molecule has 0 spiro atoms. The average Bonchev–Trinajstić information content (AvgIpc) is 3.25. The molecule has 1 aromatic carbocycles. The van der Waals surface area contributed by atoms with Crippen LogP contribution in [0.25, 0.3) is 11.0 Å². The highest BCUT2D eigenvalue weighted by atomic mass is 35.5. The van der Waals surface area contributed by atoms with Gasteiger partial charge in [0, 0.05) is 13.1 Å². The molecule has 7 nitrogen and oxygen atoms in total. The second-order valence-electron chi connectivity index (χ2n) is 6.01. The molecule has 1 aliphatic rings. The van der Waals surface area contributed by atoms with Crippen LogP contribution in [0, 0.1) is 0 Å². The third-order valence-electron chi connectivity index (χ3n) is 4.24. The first-order valence-corrected chi connectivity index (χ1v) is 8.73. The molecule has 0 aliphatic carbocycles. The third kappa shape index (κ3) is 3.35. The lowest BCUT2D eigenvalue weighted by Crippen LogP contribution is -2.15. The first-order valence-electron chi connectivity index (χ1n) is 7.98. The van der Waals surface area contributed by atoms with Gasteiger partial charge in [0.15, 0.2) is 5.52 Å². The number of anilines is 1. The van der Waals surface area contributed by atoms with Gasteiger partial charge in [-0.25, -0.2) is 4.98 Å². The van der Waals surface area contributed by atoms with Crippen molar-refractivity contribution in [2.45, 2.75) is 19.0 Å². The average molecular weight is 379 g/mol. The zero-order valence-corrected chi connectivity index (χ0v) is 14.7. The molecule has 0 bridgehead atoms. The van der Waals surface area contributed by atoms with Gasteiger partial charge < -0.3 is 10.6 Å². The van der Waals surface area contributed by atoms with Crippen LogP contribution in [0.5, 0.6) is 0 Å². The zero-order valence-electron chi connectivity index (χ0n) is 13.2. The fourth-order valence-corrected chi connectivity index (χ4v) is 3.23. The van der Waals surface area contributed by atoms with Gasteiger partial charge in [-0.15, -0.1) is 0 Å². The van der Waals surface area contributed by atoms with Gasteiger partial charge in [0.05, 0.1) is 22.3 Å². The normalized spacial score (nSPS) is 17.3. The molecule has 1 aliphatic heterocycles. The Labute approximate surface area is 153 Å². The summed E-state index contributed by atoms with van der Waals surface area (Å²) < 4.78 is 1.83. The second-order valence-corrected chi connectivity index (χ2v) is 6.82. The van der Waals surface area contributed by atoms with E-state index in [9.17, 15) is 4.79 Å². The summed E-state index contributed by atoms with van der Waals surface area (Å²) in [7, 11) is 0. The summed E-state index contributed by atoms with van der Waals surface area (Å²) in [5, 5.41) is 11.8. The molecule has 3 aromatic rings. The van der Waals surface area contributed by atoms with Crippen molar-refractivity contribution in [3.05, 3.63) is 50.4 Å². The highest BCUT2D eigenvalue weighted by Crippen LogP contribution is 2.23. The molecular formula is C16H16Cl2N6O. The molecule has 1 unspecified atom stereocenters. The fraction of sp³-hybridized carbons (Fsp3) is 0.312. The van der Waals surface area contributed by atoms with Crippen molar-refractivity contribution in [1.29, 1.82) is 0 Å². The number of benzene rings is 1. The Morgan fingerprint density at radius 3 is 2.96 bits per heavy atom. The summed E-state index contributed by atoms with van der Waals surface area (Å²) in [6.45, 7) is 2.28. The largest absolute Gasteiger partial charge is 0.352 e. The Balaban J connectivity index is 1.57. The number of H-pyrrole nitrogens is 1. The minimum atomic E-state index is -0.258. The number of nitrogens with zero attached hydrogens (tertiary/aromatic N) is 3. The Bertz CT molecular complexity index is 976. The van der Waals surface area contributed by atoms with Crippen LogP contribution in [-0.4, -0.2) is 32.8 Å². The number of rotatable bonds is 4. The molecule has 25 heavy (non-hydrogen) atoms. The highest BCUT2D eigenvalue weighted by Gasteiger charge is 2.19. The lowest BCUT2D eigenvalue weighted by atomic mass is 10.2. The molecule has 3 N–H and O–H groups in total. The molecule has 9 heteroatoms. The third-order valence-corrected chi connectivity index (χ3v) is 4.98. The summed E-state index contributed by atoms with van der Waals surface area (Å²) in [6, 6.07) is 5.64. The Hall–Kier alpha value is -2.09. The number of fused-ring (bicyclic) bond motifs is 1. The standard InChI is InChI=1S/C16H16Cl2N6O/c17-11-2-1-9(5-12(11)18)6-20-16-21-13-8-24(10-3-4-19-7-10)23-14(13)15(25)22-16/h1-2,5,8,10,19H,3-4,6-7H2,(H2,20,21,22,25). The molecular weight excluding hydrogens is 363 g/mol. The minimum absolute atomic E-state index is 0.258. The van der Waals surface area contributed by atoms with E-state index in [2.05, 4.69) is 25.7 Å². The Kier molecular flexibility index (Phi) is 4.37. The monoisotopic (exact) mass is 378 g/mol. The van der Waals surface area contributed by atoms with Crippen molar-refractivity contribution in [2.75, 3.05) is 18.4 Å². The van der Waals surface area contributed by atoms with Gasteiger partial charge in [0.25, 0.3) is 5.56 Å². The fourth-order valence-electron chi connectivity index (χ4n) is 2.91. The van der Waals surface area contributed by atoms with E-state index in [0.29, 0.717) is 33.6 Å². The van der Waals surface area contributed by atoms with Gasteiger partial charge in [0.1, 0.15) is 5.52 Å².